The van der Waals surface area contributed by atoms with E-state index < -0.39 is 0 Å². The third-order valence-electron chi connectivity index (χ3n) is 4.68. The Labute approximate surface area is 136 Å². The lowest BCUT2D eigenvalue weighted by atomic mass is 9.84. The summed E-state index contributed by atoms with van der Waals surface area (Å²) in [5, 5.41) is 3.90. The van der Waals surface area contributed by atoms with Gasteiger partial charge in [0.2, 0.25) is 0 Å². The minimum Gasteiger partial charge on any atom is -0.347 e. The van der Waals surface area contributed by atoms with Crippen LogP contribution < -0.4 is 5.32 Å². The van der Waals surface area contributed by atoms with Crippen LogP contribution in [0, 0.1) is 0 Å². The Kier molecular flexibility index (Phi) is 2.76. The highest BCUT2D eigenvalue weighted by Crippen LogP contribution is 2.41. The number of hydrogen-bond acceptors (Lipinski definition) is 5. The van der Waals surface area contributed by atoms with E-state index in [2.05, 4.69) is 21.4 Å². The molecule has 1 aliphatic carbocycles. The minimum atomic E-state index is -0.105. The van der Waals surface area contributed by atoms with Gasteiger partial charge in [0.15, 0.2) is 5.82 Å². The fourth-order valence-electron chi connectivity index (χ4n) is 3.11. The largest absolute Gasteiger partial charge is 0.347 e. The number of fused-ring (bicyclic) bond motifs is 2. The Balaban J connectivity index is 1.56. The molecular weight excluding hydrogens is 308 g/mol. The molecule has 1 saturated carbocycles. The molecule has 0 spiro atoms. The van der Waals surface area contributed by atoms with Crippen molar-refractivity contribution in [1.29, 1.82) is 0 Å². The van der Waals surface area contributed by atoms with E-state index in [0.717, 1.165) is 27.3 Å². The number of pyridine rings is 1. The zero-order valence-corrected chi connectivity index (χ0v) is 13.2. The van der Waals surface area contributed by atoms with E-state index in [1.54, 1.807) is 17.5 Å². The minimum absolute atomic E-state index is 0.105. The van der Waals surface area contributed by atoms with E-state index in [0.29, 0.717) is 18.1 Å². The van der Waals surface area contributed by atoms with Crippen LogP contribution in [0.1, 0.15) is 46.1 Å². The number of nitrogens with one attached hydrogen (secondary N) is 1. The van der Waals surface area contributed by atoms with Gasteiger partial charge in [-0.1, -0.05) is 6.42 Å². The Morgan fingerprint density at radius 1 is 1.17 bits per heavy atom. The Hall–Kier alpha value is -2.34. The summed E-state index contributed by atoms with van der Waals surface area (Å²) >= 11 is 1.78. The molecule has 3 aromatic heterocycles. The molecule has 0 aromatic carbocycles. The van der Waals surface area contributed by atoms with Crippen LogP contribution in [0.2, 0.25) is 0 Å². The molecule has 0 radical (unpaired) electrons. The summed E-state index contributed by atoms with van der Waals surface area (Å²) in [6.45, 7) is 0.530. The van der Waals surface area contributed by atoms with Gasteiger partial charge in [-0.15, -0.1) is 11.3 Å². The first-order valence-corrected chi connectivity index (χ1v) is 8.63. The molecule has 0 atom stereocenters. The molecule has 0 bridgehead atoms. The number of amides is 1. The number of carbonyl (C=O) groups excluding carboxylic acids is 1. The molecule has 0 unspecified atom stereocenters. The van der Waals surface area contributed by atoms with Crippen LogP contribution in [0.5, 0.6) is 0 Å². The zero-order valence-electron chi connectivity index (χ0n) is 12.4. The first kappa shape index (κ1) is 13.1. The lowest BCUT2D eigenvalue weighted by Crippen LogP contribution is -2.13. The molecule has 1 N–H and O–H groups in total. The number of hydrogen-bond donors (Lipinski definition) is 1. The van der Waals surface area contributed by atoms with Crippen molar-refractivity contribution in [1.82, 2.24) is 20.3 Å². The molecule has 3 aromatic rings. The first-order chi connectivity index (χ1) is 11.3. The van der Waals surface area contributed by atoms with E-state index in [9.17, 15) is 4.79 Å². The first-order valence-electron chi connectivity index (χ1n) is 7.82. The molecule has 4 heterocycles. The van der Waals surface area contributed by atoms with Gasteiger partial charge in [-0.25, -0.2) is 15.0 Å². The van der Waals surface area contributed by atoms with Crippen molar-refractivity contribution < 1.29 is 4.79 Å². The van der Waals surface area contributed by atoms with Crippen LogP contribution in [-0.2, 0) is 6.54 Å². The molecule has 2 aliphatic rings. The molecule has 1 amide bonds. The lowest BCUT2D eigenvalue weighted by Gasteiger charge is -2.23. The zero-order chi connectivity index (χ0) is 15.4. The summed E-state index contributed by atoms with van der Waals surface area (Å²) in [6, 6.07) is 4.19. The van der Waals surface area contributed by atoms with Crippen LogP contribution in [0.3, 0.4) is 0 Å². The SMILES string of the molecule is O=C1NCc2cc(-c3ncc4cc(C5CCC5)sc4n3)cnc21. The van der Waals surface area contributed by atoms with Crippen molar-refractivity contribution in [3.8, 4) is 11.4 Å². The van der Waals surface area contributed by atoms with Crippen molar-refractivity contribution in [2.45, 2.75) is 31.7 Å². The van der Waals surface area contributed by atoms with Crippen LogP contribution >= 0.6 is 11.3 Å². The quantitative estimate of drug-likeness (QED) is 0.786. The number of thiophene rings is 1. The van der Waals surface area contributed by atoms with Gasteiger partial charge in [0.05, 0.1) is 0 Å². The molecule has 6 heteroatoms. The van der Waals surface area contributed by atoms with Crippen molar-refractivity contribution in [2.75, 3.05) is 0 Å². The third kappa shape index (κ3) is 2.05. The maximum absolute atomic E-state index is 11.6. The Morgan fingerprint density at radius 3 is 2.91 bits per heavy atom. The normalized spacial score (nSPS) is 17.1. The number of rotatable bonds is 2. The van der Waals surface area contributed by atoms with Crippen molar-refractivity contribution in [3.63, 3.8) is 0 Å². The topological polar surface area (TPSA) is 67.8 Å². The number of carbonyl (C=O) groups is 1. The third-order valence-corrected chi connectivity index (χ3v) is 5.89. The van der Waals surface area contributed by atoms with Crippen LogP contribution in [0.4, 0.5) is 0 Å². The summed E-state index contributed by atoms with van der Waals surface area (Å²) in [7, 11) is 0. The highest BCUT2D eigenvalue weighted by Gasteiger charge is 2.23. The summed E-state index contributed by atoms with van der Waals surface area (Å²) in [4.78, 5) is 27.5. The standard InChI is InChI=1S/C17H14N4OS/c22-16-14-10(6-20-16)4-11(7-18-14)15-19-8-12-5-13(9-2-1-3-9)23-17(12)21-15/h4-5,7-9H,1-3,6H2,(H,20,22). The molecule has 114 valence electrons. The highest BCUT2D eigenvalue weighted by molar-refractivity contribution is 7.18. The molecule has 5 rings (SSSR count). The smallest absolute Gasteiger partial charge is 0.270 e. The molecular formula is C17H14N4OS. The predicted octanol–water partition coefficient (Wildman–Crippen LogP) is 3.26. The van der Waals surface area contributed by atoms with Gasteiger partial charge < -0.3 is 5.32 Å². The molecule has 1 fully saturated rings. The van der Waals surface area contributed by atoms with E-state index in [4.69, 9.17) is 4.98 Å². The van der Waals surface area contributed by atoms with Gasteiger partial charge in [-0.2, -0.15) is 0 Å². The molecule has 1 aliphatic heterocycles. The van der Waals surface area contributed by atoms with Crippen LogP contribution in [0.25, 0.3) is 21.6 Å². The maximum Gasteiger partial charge on any atom is 0.270 e. The Morgan fingerprint density at radius 2 is 2.09 bits per heavy atom. The van der Waals surface area contributed by atoms with Crippen molar-refractivity contribution >= 4 is 27.5 Å². The van der Waals surface area contributed by atoms with E-state index in [1.807, 2.05) is 12.3 Å². The number of nitrogens with zero attached hydrogens (tertiary/aromatic N) is 3. The van der Waals surface area contributed by atoms with Gasteiger partial charge >= 0.3 is 0 Å². The van der Waals surface area contributed by atoms with Gasteiger partial charge in [-0.05, 0) is 30.9 Å². The average molecular weight is 322 g/mol. The maximum atomic E-state index is 11.6. The van der Waals surface area contributed by atoms with Crippen molar-refractivity contribution in [2.24, 2.45) is 0 Å². The molecule has 23 heavy (non-hydrogen) atoms. The second kappa shape index (κ2) is 4.83. The fourth-order valence-corrected chi connectivity index (χ4v) is 4.29. The summed E-state index contributed by atoms with van der Waals surface area (Å²) < 4.78 is 0. The van der Waals surface area contributed by atoms with Crippen LogP contribution in [0.15, 0.2) is 24.5 Å². The molecule has 5 nitrogen and oxygen atoms in total. The Bertz CT molecular complexity index is 945. The van der Waals surface area contributed by atoms with Crippen molar-refractivity contribution in [3.05, 3.63) is 40.7 Å². The van der Waals surface area contributed by atoms with E-state index >= 15 is 0 Å². The monoisotopic (exact) mass is 322 g/mol. The summed E-state index contributed by atoms with van der Waals surface area (Å²) in [6.07, 6.45) is 7.51. The van der Waals surface area contributed by atoms with E-state index in [1.165, 1.54) is 24.1 Å². The predicted molar refractivity (Wildman–Crippen MR) is 88.4 cm³/mol. The highest BCUT2D eigenvalue weighted by atomic mass is 32.1. The second-order valence-corrected chi connectivity index (χ2v) is 7.21. The fraction of sp³-hybridized carbons (Fsp3) is 0.294. The number of aromatic nitrogens is 3. The summed E-state index contributed by atoms with van der Waals surface area (Å²) in [5.74, 6) is 1.29. The lowest BCUT2D eigenvalue weighted by molar-refractivity contribution is 0.0961. The average Bonchev–Trinajstić information content (AvgIpc) is 3.08. The van der Waals surface area contributed by atoms with Crippen LogP contribution in [-0.4, -0.2) is 20.9 Å². The second-order valence-electron chi connectivity index (χ2n) is 6.15. The van der Waals surface area contributed by atoms with Gasteiger partial charge in [0.25, 0.3) is 5.91 Å². The van der Waals surface area contributed by atoms with Gasteiger partial charge in [0, 0.05) is 40.3 Å². The van der Waals surface area contributed by atoms with Gasteiger partial charge in [-0.3, -0.25) is 4.79 Å². The van der Waals surface area contributed by atoms with E-state index in [-0.39, 0.29) is 5.91 Å². The van der Waals surface area contributed by atoms with Gasteiger partial charge in [0.1, 0.15) is 10.5 Å². The summed E-state index contributed by atoms with van der Waals surface area (Å²) in [5.41, 5.74) is 2.29. The molecule has 0 saturated heterocycles.